The van der Waals surface area contributed by atoms with E-state index in [0.717, 1.165) is 10.7 Å². The van der Waals surface area contributed by atoms with E-state index in [1.165, 1.54) is 12.1 Å². The van der Waals surface area contributed by atoms with E-state index >= 15 is 0 Å². The van der Waals surface area contributed by atoms with Crippen LogP contribution in [0.15, 0.2) is 54.2 Å². The van der Waals surface area contributed by atoms with Crippen molar-refractivity contribution < 1.29 is 9.18 Å². The number of Topliss-reactive ketones (excluding diaryl/α,β-unsaturated/α-hetero) is 1. The van der Waals surface area contributed by atoms with Gasteiger partial charge in [0, 0.05) is 12.4 Å². The predicted molar refractivity (Wildman–Crippen MR) is 76.3 cm³/mol. The Morgan fingerprint density at radius 2 is 2.10 bits per heavy atom. The van der Waals surface area contributed by atoms with Gasteiger partial charge < -0.3 is 4.57 Å². The molecule has 0 unspecified atom stereocenters. The average molecular weight is 286 g/mol. The standard InChI is InChI=1S/C15H11FN2OS/c16-12-5-2-1-4-11(12)13(19)10-18-8-7-17-15(18)14-6-3-9-20-14/h1-9H,10H2. The van der Waals surface area contributed by atoms with Crippen molar-refractivity contribution in [1.82, 2.24) is 9.55 Å². The van der Waals surface area contributed by atoms with Gasteiger partial charge in [0.2, 0.25) is 0 Å². The number of halogens is 1. The largest absolute Gasteiger partial charge is 0.323 e. The van der Waals surface area contributed by atoms with Crippen molar-refractivity contribution in [3.63, 3.8) is 0 Å². The minimum Gasteiger partial charge on any atom is -0.323 e. The molecule has 100 valence electrons. The Labute approximate surface area is 119 Å². The van der Waals surface area contributed by atoms with Crippen molar-refractivity contribution >= 4 is 17.1 Å². The first kappa shape index (κ1) is 12.7. The molecule has 0 amide bonds. The van der Waals surface area contributed by atoms with Gasteiger partial charge in [0.05, 0.1) is 17.0 Å². The molecule has 0 spiro atoms. The van der Waals surface area contributed by atoms with Crippen LogP contribution in [0.5, 0.6) is 0 Å². The Bertz CT molecular complexity index is 734. The summed E-state index contributed by atoms with van der Waals surface area (Å²) in [7, 11) is 0. The Balaban J connectivity index is 1.88. The van der Waals surface area contributed by atoms with E-state index < -0.39 is 5.82 Å². The van der Waals surface area contributed by atoms with E-state index in [4.69, 9.17) is 0 Å². The summed E-state index contributed by atoms with van der Waals surface area (Å²) in [4.78, 5) is 17.4. The molecule has 0 N–H and O–H groups in total. The topological polar surface area (TPSA) is 34.9 Å². The summed E-state index contributed by atoms with van der Waals surface area (Å²) in [5.74, 6) is -0.0288. The number of aromatic nitrogens is 2. The Hall–Kier alpha value is -2.27. The second kappa shape index (κ2) is 5.38. The minimum atomic E-state index is -0.490. The van der Waals surface area contributed by atoms with Gasteiger partial charge in [-0.05, 0) is 23.6 Å². The van der Waals surface area contributed by atoms with Crippen LogP contribution >= 0.6 is 11.3 Å². The lowest BCUT2D eigenvalue weighted by atomic mass is 10.1. The van der Waals surface area contributed by atoms with Gasteiger partial charge in [0.1, 0.15) is 11.6 Å². The quantitative estimate of drug-likeness (QED) is 0.686. The lowest BCUT2D eigenvalue weighted by molar-refractivity contribution is 0.0968. The van der Waals surface area contributed by atoms with Crippen LogP contribution in [0, 0.1) is 5.82 Å². The number of nitrogens with zero attached hydrogens (tertiary/aromatic N) is 2. The third-order valence-electron chi connectivity index (χ3n) is 2.95. The van der Waals surface area contributed by atoms with Crippen LogP contribution < -0.4 is 0 Å². The van der Waals surface area contributed by atoms with Gasteiger partial charge in [-0.1, -0.05) is 18.2 Å². The zero-order chi connectivity index (χ0) is 13.9. The molecule has 1 aromatic carbocycles. The van der Waals surface area contributed by atoms with Gasteiger partial charge >= 0.3 is 0 Å². The highest BCUT2D eigenvalue weighted by Crippen LogP contribution is 2.23. The zero-order valence-corrected chi connectivity index (χ0v) is 11.3. The minimum absolute atomic E-state index is 0.0775. The summed E-state index contributed by atoms with van der Waals surface area (Å²) < 4.78 is 15.3. The lowest BCUT2D eigenvalue weighted by Crippen LogP contribution is -2.12. The first-order valence-corrected chi connectivity index (χ1v) is 6.96. The number of thiophene rings is 1. The molecular formula is C15H11FN2OS. The molecule has 0 aliphatic rings. The van der Waals surface area contributed by atoms with E-state index in [2.05, 4.69) is 4.98 Å². The van der Waals surface area contributed by atoms with Crippen molar-refractivity contribution in [2.45, 2.75) is 6.54 Å². The molecular weight excluding hydrogens is 275 g/mol. The van der Waals surface area contributed by atoms with Crippen molar-refractivity contribution in [3.8, 4) is 10.7 Å². The van der Waals surface area contributed by atoms with E-state index in [1.807, 2.05) is 17.5 Å². The number of carbonyl (C=O) groups is 1. The molecule has 2 heterocycles. The molecule has 0 fully saturated rings. The molecule has 0 saturated heterocycles. The van der Waals surface area contributed by atoms with E-state index in [1.54, 1.807) is 40.4 Å². The molecule has 0 saturated carbocycles. The Morgan fingerprint density at radius 3 is 2.85 bits per heavy atom. The number of imidazole rings is 1. The highest BCUT2D eigenvalue weighted by Gasteiger charge is 2.14. The fourth-order valence-corrected chi connectivity index (χ4v) is 2.73. The first-order chi connectivity index (χ1) is 9.75. The molecule has 3 aromatic rings. The van der Waals surface area contributed by atoms with Gasteiger partial charge in [0.15, 0.2) is 5.78 Å². The molecule has 2 aromatic heterocycles. The molecule has 0 atom stereocenters. The van der Waals surface area contributed by atoms with Crippen LogP contribution in [0.2, 0.25) is 0 Å². The van der Waals surface area contributed by atoms with Crippen LogP contribution in [0.4, 0.5) is 4.39 Å². The second-order valence-corrected chi connectivity index (χ2v) is 5.21. The van der Waals surface area contributed by atoms with Crippen LogP contribution in [0.1, 0.15) is 10.4 Å². The van der Waals surface area contributed by atoms with Crippen LogP contribution in [-0.4, -0.2) is 15.3 Å². The third kappa shape index (κ3) is 2.40. The Morgan fingerprint density at radius 1 is 1.25 bits per heavy atom. The van der Waals surface area contributed by atoms with E-state index in [9.17, 15) is 9.18 Å². The second-order valence-electron chi connectivity index (χ2n) is 4.26. The number of ketones is 1. The number of benzene rings is 1. The first-order valence-electron chi connectivity index (χ1n) is 6.08. The molecule has 0 bridgehead atoms. The lowest BCUT2D eigenvalue weighted by Gasteiger charge is -2.06. The summed E-state index contributed by atoms with van der Waals surface area (Å²) >= 11 is 1.55. The van der Waals surface area contributed by atoms with E-state index in [-0.39, 0.29) is 17.9 Å². The number of carbonyl (C=O) groups excluding carboxylic acids is 1. The predicted octanol–water partition coefficient (Wildman–Crippen LogP) is 3.63. The fourth-order valence-electron chi connectivity index (χ4n) is 1.99. The molecule has 20 heavy (non-hydrogen) atoms. The highest BCUT2D eigenvalue weighted by atomic mass is 32.1. The molecule has 3 nitrogen and oxygen atoms in total. The monoisotopic (exact) mass is 286 g/mol. The normalized spacial score (nSPS) is 10.7. The summed E-state index contributed by atoms with van der Waals surface area (Å²) in [5, 5.41) is 1.95. The number of hydrogen-bond acceptors (Lipinski definition) is 3. The smallest absolute Gasteiger partial charge is 0.185 e. The Kier molecular flexibility index (Phi) is 3.43. The maximum Gasteiger partial charge on any atom is 0.185 e. The maximum absolute atomic E-state index is 13.6. The molecule has 3 rings (SSSR count). The third-order valence-corrected chi connectivity index (χ3v) is 3.81. The molecule has 0 aliphatic heterocycles. The summed E-state index contributed by atoms with van der Waals surface area (Å²) in [6.45, 7) is 0.0775. The SMILES string of the molecule is O=C(Cn1ccnc1-c1cccs1)c1ccccc1F. The number of hydrogen-bond donors (Lipinski definition) is 0. The van der Waals surface area contributed by atoms with Gasteiger partial charge in [-0.25, -0.2) is 9.37 Å². The van der Waals surface area contributed by atoms with Gasteiger partial charge in [-0.15, -0.1) is 11.3 Å². The van der Waals surface area contributed by atoms with E-state index in [0.29, 0.717) is 0 Å². The summed E-state index contributed by atoms with van der Waals surface area (Å²) in [5.41, 5.74) is 0.110. The summed E-state index contributed by atoms with van der Waals surface area (Å²) in [6, 6.07) is 9.89. The van der Waals surface area contributed by atoms with Crippen LogP contribution in [0.25, 0.3) is 10.7 Å². The molecule has 5 heteroatoms. The fraction of sp³-hybridized carbons (Fsp3) is 0.0667. The highest BCUT2D eigenvalue weighted by molar-refractivity contribution is 7.13. The molecule has 0 aliphatic carbocycles. The van der Waals surface area contributed by atoms with Gasteiger partial charge in [0.25, 0.3) is 0 Å². The van der Waals surface area contributed by atoms with Crippen LogP contribution in [0.3, 0.4) is 0 Å². The van der Waals surface area contributed by atoms with Crippen LogP contribution in [-0.2, 0) is 6.54 Å². The van der Waals surface area contributed by atoms with Gasteiger partial charge in [-0.2, -0.15) is 0 Å². The van der Waals surface area contributed by atoms with Crippen molar-refractivity contribution in [1.29, 1.82) is 0 Å². The van der Waals surface area contributed by atoms with Crippen molar-refractivity contribution in [3.05, 3.63) is 65.6 Å². The van der Waals surface area contributed by atoms with Crippen molar-refractivity contribution in [2.75, 3.05) is 0 Å². The average Bonchev–Trinajstić information content (AvgIpc) is 3.09. The zero-order valence-electron chi connectivity index (χ0n) is 10.5. The maximum atomic E-state index is 13.6. The summed E-state index contributed by atoms with van der Waals surface area (Å²) in [6.07, 6.45) is 3.37. The molecule has 0 radical (unpaired) electrons. The number of rotatable bonds is 4. The van der Waals surface area contributed by atoms with Gasteiger partial charge in [-0.3, -0.25) is 4.79 Å². The van der Waals surface area contributed by atoms with Crippen molar-refractivity contribution in [2.24, 2.45) is 0 Å².